The number of carbonyl (C=O) groups excluding carboxylic acids is 1. The third-order valence-electron chi connectivity index (χ3n) is 2.01. The molecule has 0 aliphatic rings. The molecule has 5 heteroatoms. The summed E-state index contributed by atoms with van der Waals surface area (Å²) in [6, 6.07) is 0. The minimum absolute atomic E-state index is 0.0959. The van der Waals surface area contributed by atoms with E-state index in [-0.39, 0.29) is 17.7 Å². The largest absolute Gasteiger partial charge is 0.410 e. The van der Waals surface area contributed by atoms with E-state index >= 15 is 0 Å². The Morgan fingerprint density at radius 1 is 1.53 bits per heavy atom. The lowest BCUT2D eigenvalue weighted by molar-refractivity contribution is -0.123. The van der Waals surface area contributed by atoms with Crippen molar-refractivity contribution in [2.24, 2.45) is 17.0 Å². The summed E-state index contributed by atoms with van der Waals surface area (Å²) in [6.07, 6.45) is 0.988. The summed E-state index contributed by atoms with van der Waals surface area (Å²) in [7, 11) is 1.59. The molecule has 1 amide bonds. The molecule has 1 atom stereocenters. The Morgan fingerprint density at radius 2 is 2.13 bits per heavy atom. The van der Waals surface area contributed by atoms with Gasteiger partial charge in [-0.05, 0) is 18.1 Å². The third-order valence-corrected chi connectivity index (χ3v) is 3.26. The standard InChI is InChI=1S/C10H20N2O2S/c1-5-6-15-10(12-14)8(7(2)3)9(13)11-4/h7-8,14H,5-6H2,1-4H3,(H,11,13)/b12-10-. The van der Waals surface area contributed by atoms with E-state index in [0.717, 1.165) is 12.2 Å². The fraction of sp³-hybridized carbons (Fsp3) is 0.800. The van der Waals surface area contributed by atoms with Gasteiger partial charge in [0.15, 0.2) is 0 Å². The van der Waals surface area contributed by atoms with Crippen LogP contribution in [0.15, 0.2) is 5.16 Å². The summed E-state index contributed by atoms with van der Waals surface area (Å²) in [5, 5.41) is 15.2. The number of hydrogen-bond donors (Lipinski definition) is 2. The highest BCUT2D eigenvalue weighted by molar-refractivity contribution is 8.14. The van der Waals surface area contributed by atoms with Crippen molar-refractivity contribution >= 4 is 22.7 Å². The van der Waals surface area contributed by atoms with E-state index < -0.39 is 0 Å². The Morgan fingerprint density at radius 3 is 2.47 bits per heavy atom. The van der Waals surface area contributed by atoms with Crippen molar-refractivity contribution in [2.45, 2.75) is 27.2 Å². The number of rotatable bonds is 5. The molecule has 0 aliphatic carbocycles. The Hall–Kier alpha value is -0.710. The van der Waals surface area contributed by atoms with E-state index in [2.05, 4.69) is 10.5 Å². The molecule has 0 saturated heterocycles. The second-order valence-electron chi connectivity index (χ2n) is 3.62. The van der Waals surface area contributed by atoms with E-state index in [9.17, 15) is 4.79 Å². The maximum Gasteiger partial charge on any atom is 0.229 e. The highest BCUT2D eigenvalue weighted by Crippen LogP contribution is 2.21. The van der Waals surface area contributed by atoms with Crippen molar-refractivity contribution < 1.29 is 10.0 Å². The van der Waals surface area contributed by atoms with Crippen LogP contribution in [0.3, 0.4) is 0 Å². The predicted molar refractivity (Wildman–Crippen MR) is 64.4 cm³/mol. The second kappa shape index (κ2) is 7.56. The maximum atomic E-state index is 11.6. The summed E-state index contributed by atoms with van der Waals surface area (Å²) >= 11 is 1.44. The topological polar surface area (TPSA) is 61.7 Å². The lowest BCUT2D eigenvalue weighted by atomic mass is 9.96. The van der Waals surface area contributed by atoms with E-state index in [0.29, 0.717) is 5.04 Å². The lowest BCUT2D eigenvalue weighted by Gasteiger charge is -2.19. The molecule has 0 fully saturated rings. The molecular weight excluding hydrogens is 212 g/mol. The SMILES string of the molecule is CCCS/C(=N\O)C(C(=O)NC)C(C)C. The number of hydrogen-bond acceptors (Lipinski definition) is 4. The number of amides is 1. The molecule has 2 N–H and O–H groups in total. The Balaban J connectivity index is 4.64. The number of thioether (sulfide) groups is 1. The molecular formula is C10H20N2O2S. The van der Waals surface area contributed by atoms with Crippen LogP contribution in [-0.4, -0.2) is 29.0 Å². The predicted octanol–water partition coefficient (Wildman–Crippen LogP) is 1.94. The Bertz CT molecular complexity index is 229. The average molecular weight is 232 g/mol. The van der Waals surface area contributed by atoms with Crippen molar-refractivity contribution in [3.05, 3.63) is 0 Å². The average Bonchev–Trinajstić information content (AvgIpc) is 2.22. The van der Waals surface area contributed by atoms with E-state index in [1.165, 1.54) is 11.8 Å². The molecule has 0 heterocycles. The molecule has 0 aromatic rings. The first-order valence-electron chi connectivity index (χ1n) is 5.14. The molecule has 0 spiro atoms. The summed E-state index contributed by atoms with van der Waals surface area (Å²) in [4.78, 5) is 11.6. The fourth-order valence-corrected chi connectivity index (χ4v) is 2.27. The molecule has 0 bridgehead atoms. The molecule has 0 saturated carbocycles. The molecule has 0 radical (unpaired) electrons. The van der Waals surface area contributed by atoms with Gasteiger partial charge in [0.25, 0.3) is 0 Å². The van der Waals surface area contributed by atoms with Crippen molar-refractivity contribution in [1.82, 2.24) is 5.32 Å². The first-order chi connectivity index (χ1) is 7.08. The fourth-order valence-electron chi connectivity index (χ4n) is 1.24. The van der Waals surface area contributed by atoms with Gasteiger partial charge in [-0.3, -0.25) is 4.79 Å². The minimum atomic E-state index is -0.350. The normalized spacial score (nSPS) is 14.1. The van der Waals surface area contributed by atoms with Crippen molar-refractivity contribution in [2.75, 3.05) is 12.8 Å². The summed E-state index contributed by atoms with van der Waals surface area (Å²) in [5.74, 6) is 0.540. The van der Waals surface area contributed by atoms with Crippen molar-refractivity contribution in [3.63, 3.8) is 0 Å². The first kappa shape index (κ1) is 14.3. The van der Waals surface area contributed by atoms with Gasteiger partial charge in [0.2, 0.25) is 5.91 Å². The Labute approximate surface area is 95.5 Å². The van der Waals surface area contributed by atoms with Crippen LogP contribution in [0.2, 0.25) is 0 Å². The maximum absolute atomic E-state index is 11.6. The Kier molecular flexibility index (Phi) is 7.21. The monoisotopic (exact) mass is 232 g/mol. The summed E-state index contributed by atoms with van der Waals surface area (Å²) in [5.41, 5.74) is 0. The van der Waals surface area contributed by atoms with Gasteiger partial charge in [0.1, 0.15) is 5.04 Å². The zero-order valence-corrected chi connectivity index (χ0v) is 10.6. The minimum Gasteiger partial charge on any atom is -0.410 e. The van der Waals surface area contributed by atoms with Crippen LogP contribution in [0.4, 0.5) is 0 Å². The van der Waals surface area contributed by atoms with Crippen LogP contribution in [0.25, 0.3) is 0 Å². The van der Waals surface area contributed by atoms with Crippen molar-refractivity contribution in [1.29, 1.82) is 0 Å². The van der Waals surface area contributed by atoms with Crippen LogP contribution in [0.5, 0.6) is 0 Å². The number of oxime groups is 1. The van der Waals surface area contributed by atoms with E-state index in [4.69, 9.17) is 5.21 Å². The van der Waals surface area contributed by atoms with Crippen LogP contribution in [-0.2, 0) is 4.79 Å². The highest BCUT2D eigenvalue weighted by atomic mass is 32.2. The summed E-state index contributed by atoms with van der Waals surface area (Å²) < 4.78 is 0. The molecule has 4 nitrogen and oxygen atoms in total. The quantitative estimate of drug-likeness (QED) is 0.329. The first-order valence-corrected chi connectivity index (χ1v) is 6.13. The van der Waals surface area contributed by atoms with Gasteiger partial charge in [0, 0.05) is 7.05 Å². The molecule has 0 aromatic heterocycles. The van der Waals surface area contributed by atoms with E-state index in [1.54, 1.807) is 7.05 Å². The van der Waals surface area contributed by atoms with Gasteiger partial charge in [-0.15, -0.1) is 11.8 Å². The number of nitrogens with zero attached hydrogens (tertiary/aromatic N) is 1. The van der Waals surface area contributed by atoms with E-state index in [1.807, 2.05) is 20.8 Å². The molecule has 1 unspecified atom stereocenters. The molecule has 0 aromatic carbocycles. The van der Waals surface area contributed by atoms with Gasteiger partial charge in [-0.25, -0.2) is 0 Å². The molecule has 0 rings (SSSR count). The van der Waals surface area contributed by atoms with Gasteiger partial charge in [-0.2, -0.15) is 0 Å². The van der Waals surface area contributed by atoms with Crippen LogP contribution < -0.4 is 5.32 Å². The third kappa shape index (κ3) is 4.55. The zero-order valence-electron chi connectivity index (χ0n) is 9.78. The van der Waals surface area contributed by atoms with Gasteiger partial charge < -0.3 is 10.5 Å². The lowest BCUT2D eigenvalue weighted by Crippen LogP contribution is -2.35. The van der Waals surface area contributed by atoms with Crippen LogP contribution >= 0.6 is 11.8 Å². The second-order valence-corrected chi connectivity index (χ2v) is 4.74. The van der Waals surface area contributed by atoms with Crippen LogP contribution in [0, 0.1) is 11.8 Å². The van der Waals surface area contributed by atoms with Gasteiger partial charge in [-0.1, -0.05) is 25.9 Å². The number of nitrogens with one attached hydrogen (secondary N) is 1. The van der Waals surface area contributed by atoms with Crippen LogP contribution in [0.1, 0.15) is 27.2 Å². The zero-order chi connectivity index (χ0) is 11.8. The molecule has 0 aliphatic heterocycles. The number of carbonyl (C=O) groups is 1. The molecule has 88 valence electrons. The smallest absolute Gasteiger partial charge is 0.229 e. The van der Waals surface area contributed by atoms with Gasteiger partial charge in [0.05, 0.1) is 5.92 Å². The highest BCUT2D eigenvalue weighted by Gasteiger charge is 2.27. The van der Waals surface area contributed by atoms with Gasteiger partial charge >= 0.3 is 0 Å². The summed E-state index contributed by atoms with van der Waals surface area (Å²) in [6.45, 7) is 5.93. The van der Waals surface area contributed by atoms with Crippen molar-refractivity contribution in [3.8, 4) is 0 Å². The molecule has 15 heavy (non-hydrogen) atoms.